The van der Waals surface area contributed by atoms with Crippen molar-refractivity contribution in [1.82, 2.24) is 25.1 Å². The van der Waals surface area contributed by atoms with Crippen LogP contribution in [-0.2, 0) is 12.8 Å². The third-order valence-corrected chi connectivity index (χ3v) is 6.29. The zero-order valence-electron chi connectivity index (χ0n) is 19.1. The van der Waals surface area contributed by atoms with Gasteiger partial charge in [0.1, 0.15) is 5.70 Å². The molecule has 1 aliphatic carbocycles. The molecule has 11 heteroatoms. The van der Waals surface area contributed by atoms with Gasteiger partial charge >= 0.3 is 6.18 Å². The van der Waals surface area contributed by atoms with E-state index >= 15 is 0 Å². The number of nitrogens with zero attached hydrogens (tertiary/aromatic N) is 4. The van der Waals surface area contributed by atoms with Gasteiger partial charge in [0, 0.05) is 40.0 Å². The number of aromatic amines is 1. The van der Waals surface area contributed by atoms with Crippen LogP contribution in [0, 0.1) is 19.3 Å². The molecule has 35 heavy (non-hydrogen) atoms. The minimum atomic E-state index is -4.79. The number of nitrogens with two attached hydrogens (primary N) is 1. The summed E-state index contributed by atoms with van der Waals surface area (Å²) in [6.45, 7) is 3.75. The lowest BCUT2D eigenvalue weighted by molar-refractivity contribution is -0.0919. The van der Waals surface area contributed by atoms with Gasteiger partial charge < -0.3 is 16.5 Å². The van der Waals surface area contributed by atoms with Gasteiger partial charge in [-0.1, -0.05) is 0 Å². The van der Waals surface area contributed by atoms with E-state index in [1.165, 1.54) is 0 Å². The van der Waals surface area contributed by atoms with Crippen molar-refractivity contribution in [1.29, 1.82) is 5.41 Å². The van der Waals surface area contributed by atoms with Gasteiger partial charge in [0.2, 0.25) is 5.95 Å². The van der Waals surface area contributed by atoms with E-state index in [9.17, 15) is 13.2 Å². The third kappa shape index (κ3) is 4.07. The maximum Gasteiger partial charge on any atom is 0.431 e. The molecule has 0 saturated carbocycles. The summed E-state index contributed by atoms with van der Waals surface area (Å²) in [4.78, 5) is 13.5. The lowest BCUT2D eigenvalue weighted by atomic mass is 9.83. The number of anilines is 1. The van der Waals surface area contributed by atoms with Crippen LogP contribution < -0.4 is 11.1 Å². The monoisotopic (exact) mass is 480 g/mol. The molecule has 1 unspecified atom stereocenters. The van der Waals surface area contributed by atoms with Crippen molar-refractivity contribution in [3.63, 3.8) is 0 Å². The van der Waals surface area contributed by atoms with Crippen LogP contribution >= 0.6 is 0 Å². The minimum absolute atomic E-state index is 0.0769. The van der Waals surface area contributed by atoms with Crippen LogP contribution in [0.25, 0.3) is 27.4 Å². The summed E-state index contributed by atoms with van der Waals surface area (Å²) in [5.41, 5.74) is 8.31. The second-order valence-electron chi connectivity index (χ2n) is 8.74. The summed E-state index contributed by atoms with van der Waals surface area (Å²) in [5.74, 6) is 0.473. The molecule has 5 rings (SSSR count). The Kier molecular flexibility index (Phi) is 5.42. The Bertz CT molecular complexity index is 1480. The normalized spacial score (nSPS) is 16.8. The first kappa shape index (κ1) is 22.8. The first-order valence-electron chi connectivity index (χ1n) is 11.1. The Balaban J connectivity index is 1.70. The van der Waals surface area contributed by atoms with Crippen LogP contribution in [0.1, 0.15) is 34.6 Å². The molecule has 0 aliphatic heterocycles. The predicted octanol–water partition coefficient (Wildman–Crippen LogP) is 4.37. The largest absolute Gasteiger partial charge is 0.431 e. The molecule has 0 spiro atoms. The van der Waals surface area contributed by atoms with E-state index < -0.39 is 17.4 Å². The van der Waals surface area contributed by atoms with Gasteiger partial charge in [0.05, 0.1) is 22.9 Å². The van der Waals surface area contributed by atoms with Gasteiger partial charge in [-0.15, -0.1) is 0 Å². The molecular weight excluding hydrogens is 457 g/mol. The van der Waals surface area contributed by atoms with Crippen LogP contribution in [0.15, 0.2) is 30.1 Å². The first-order valence-corrected chi connectivity index (χ1v) is 11.1. The molecular formula is C24H23F3N8. The standard InChI is InChI=1S/C24H23F3N8/c1-11-7-12(2)32-23(31-11)33-13-3-4-14-15(8-13)21(16(9-28)22(29)24(25,26)27)34-19-6-5-18-17(20(14)19)10-30-35-18/h5-7,9-10,13,28H,3-4,8,29H2,1-2H3,(H,30,35)(H,31,32,33). The molecule has 0 radical (unpaired) electrons. The molecule has 5 N–H and O–H groups in total. The fourth-order valence-corrected chi connectivity index (χ4v) is 4.81. The summed E-state index contributed by atoms with van der Waals surface area (Å²) in [5, 5.41) is 19.9. The number of allylic oxidation sites excluding steroid dienone is 2. The predicted molar refractivity (Wildman–Crippen MR) is 128 cm³/mol. The summed E-state index contributed by atoms with van der Waals surface area (Å²) in [6.07, 6.45) is -0.771. The Morgan fingerprint density at radius 3 is 2.60 bits per heavy atom. The number of pyridine rings is 1. The highest BCUT2D eigenvalue weighted by Crippen LogP contribution is 2.38. The molecule has 3 aromatic heterocycles. The van der Waals surface area contributed by atoms with Crippen molar-refractivity contribution >= 4 is 39.5 Å². The Labute approximate surface area is 198 Å². The lowest BCUT2D eigenvalue weighted by Gasteiger charge is -2.29. The molecule has 180 valence electrons. The summed E-state index contributed by atoms with van der Waals surface area (Å²) >= 11 is 0. The number of fused-ring (bicyclic) bond motifs is 5. The smallest absolute Gasteiger partial charge is 0.394 e. The number of hydrogen-bond acceptors (Lipinski definition) is 7. The van der Waals surface area contributed by atoms with E-state index in [0.29, 0.717) is 42.5 Å². The van der Waals surface area contributed by atoms with Gasteiger partial charge in [-0.25, -0.2) is 15.0 Å². The molecule has 4 aromatic rings. The zero-order valence-corrected chi connectivity index (χ0v) is 19.1. The number of rotatable bonds is 4. The SMILES string of the molecule is Cc1cc(C)nc(NC2CCc3c(c(C(C=N)=C(N)C(F)(F)F)nc4ccc5[nH]ncc5c34)C2)n1. The van der Waals surface area contributed by atoms with Crippen molar-refractivity contribution < 1.29 is 13.2 Å². The van der Waals surface area contributed by atoms with Crippen molar-refractivity contribution in [2.24, 2.45) is 5.73 Å². The van der Waals surface area contributed by atoms with Crippen LogP contribution in [-0.4, -0.2) is 43.6 Å². The molecule has 1 aliphatic rings. The van der Waals surface area contributed by atoms with E-state index in [2.05, 4.69) is 30.5 Å². The van der Waals surface area contributed by atoms with Crippen LogP contribution in [0.2, 0.25) is 0 Å². The number of benzene rings is 1. The van der Waals surface area contributed by atoms with Crippen LogP contribution in [0.5, 0.6) is 0 Å². The molecule has 0 saturated heterocycles. The highest BCUT2D eigenvalue weighted by atomic mass is 19.4. The van der Waals surface area contributed by atoms with E-state index in [0.717, 1.165) is 33.2 Å². The first-order chi connectivity index (χ1) is 16.7. The quantitative estimate of drug-likeness (QED) is 0.321. The van der Waals surface area contributed by atoms with Gasteiger partial charge in [-0.3, -0.25) is 5.10 Å². The molecule has 3 heterocycles. The average molecular weight is 480 g/mol. The second kappa shape index (κ2) is 8.33. The van der Waals surface area contributed by atoms with Crippen molar-refractivity contribution in [3.05, 3.63) is 58.3 Å². The Hall–Kier alpha value is -4.02. The molecule has 8 nitrogen and oxygen atoms in total. The molecule has 0 amide bonds. The number of halogens is 3. The van der Waals surface area contributed by atoms with Gasteiger partial charge in [0.15, 0.2) is 0 Å². The molecule has 1 atom stereocenters. The summed E-state index contributed by atoms with van der Waals surface area (Å²) < 4.78 is 40.7. The van der Waals surface area contributed by atoms with Crippen molar-refractivity contribution in [2.45, 2.75) is 45.3 Å². The lowest BCUT2D eigenvalue weighted by Crippen LogP contribution is -2.30. The van der Waals surface area contributed by atoms with E-state index in [1.54, 1.807) is 18.3 Å². The molecule has 1 aromatic carbocycles. The number of aryl methyl sites for hydroxylation is 3. The third-order valence-electron chi connectivity index (χ3n) is 6.29. The fraction of sp³-hybridized carbons (Fsp3) is 0.292. The Morgan fingerprint density at radius 2 is 1.91 bits per heavy atom. The fourth-order valence-electron chi connectivity index (χ4n) is 4.81. The van der Waals surface area contributed by atoms with E-state index in [1.807, 2.05) is 19.9 Å². The van der Waals surface area contributed by atoms with Gasteiger partial charge in [-0.05, 0) is 62.4 Å². The average Bonchev–Trinajstić information content (AvgIpc) is 3.27. The van der Waals surface area contributed by atoms with Gasteiger partial charge in [0.25, 0.3) is 0 Å². The second-order valence-corrected chi connectivity index (χ2v) is 8.74. The number of aromatic nitrogens is 5. The maximum absolute atomic E-state index is 13.6. The summed E-state index contributed by atoms with van der Waals surface area (Å²) in [7, 11) is 0. The van der Waals surface area contributed by atoms with Crippen LogP contribution in [0.3, 0.4) is 0 Å². The highest BCUT2D eigenvalue weighted by molar-refractivity contribution is 6.12. The van der Waals surface area contributed by atoms with E-state index in [4.69, 9.17) is 11.1 Å². The molecule has 0 bridgehead atoms. The van der Waals surface area contributed by atoms with Crippen molar-refractivity contribution in [2.75, 3.05) is 5.32 Å². The molecule has 0 fully saturated rings. The number of hydrogen-bond donors (Lipinski definition) is 4. The number of H-pyrrole nitrogens is 1. The van der Waals surface area contributed by atoms with Crippen LogP contribution in [0.4, 0.5) is 19.1 Å². The minimum Gasteiger partial charge on any atom is -0.394 e. The number of alkyl halides is 3. The van der Waals surface area contributed by atoms with Gasteiger partial charge in [-0.2, -0.15) is 18.3 Å². The highest BCUT2D eigenvalue weighted by Gasteiger charge is 2.36. The Morgan fingerprint density at radius 1 is 1.17 bits per heavy atom. The number of nitrogens with one attached hydrogen (secondary N) is 3. The van der Waals surface area contributed by atoms with E-state index in [-0.39, 0.29) is 11.7 Å². The maximum atomic E-state index is 13.6. The zero-order chi connectivity index (χ0) is 24.9. The summed E-state index contributed by atoms with van der Waals surface area (Å²) in [6, 6.07) is 5.27. The van der Waals surface area contributed by atoms with Crippen molar-refractivity contribution in [3.8, 4) is 0 Å². The topological polar surface area (TPSA) is 129 Å².